The first kappa shape index (κ1) is 16.3. The molecular weight excluding hydrogens is 284 g/mol. The maximum absolute atomic E-state index is 11.3. The zero-order valence-corrected chi connectivity index (χ0v) is 13.3. The second-order valence-corrected chi connectivity index (χ2v) is 5.35. The first-order chi connectivity index (χ1) is 10.5. The average Bonchev–Trinajstić information content (AvgIpc) is 2.48. The van der Waals surface area contributed by atoms with Crippen LogP contribution in [0.3, 0.4) is 0 Å². The maximum atomic E-state index is 11.3. The van der Waals surface area contributed by atoms with Crippen LogP contribution in [0.15, 0.2) is 18.2 Å². The van der Waals surface area contributed by atoms with Crippen molar-refractivity contribution in [1.82, 2.24) is 9.80 Å². The summed E-state index contributed by atoms with van der Waals surface area (Å²) in [6.45, 7) is 6.91. The minimum Gasteiger partial charge on any atom is -0.496 e. The molecule has 0 saturated carbocycles. The number of hydrogen-bond acceptors (Lipinski definition) is 5. The lowest BCUT2D eigenvalue weighted by Gasteiger charge is -2.34. The predicted octanol–water partition coefficient (Wildman–Crippen LogP) is 1.28. The lowest BCUT2D eigenvalue weighted by atomic mass is 10.1. The van der Waals surface area contributed by atoms with E-state index in [0.717, 1.165) is 38.3 Å². The Morgan fingerprint density at radius 1 is 1.14 bits per heavy atom. The summed E-state index contributed by atoms with van der Waals surface area (Å²) in [4.78, 5) is 26.5. The van der Waals surface area contributed by atoms with Crippen molar-refractivity contribution < 1.29 is 19.1 Å². The van der Waals surface area contributed by atoms with Gasteiger partial charge in [-0.25, -0.2) is 0 Å². The van der Waals surface area contributed by atoms with Crippen LogP contribution in [-0.4, -0.2) is 55.0 Å². The van der Waals surface area contributed by atoms with Gasteiger partial charge in [-0.15, -0.1) is 0 Å². The van der Waals surface area contributed by atoms with Crippen molar-refractivity contribution in [2.75, 3.05) is 33.3 Å². The molecule has 6 heteroatoms. The van der Waals surface area contributed by atoms with Crippen LogP contribution in [0.25, 0.3) is 0 Å². The van der Waals surface area contributed by atoms with Crippen molar-refractivity contribution in [2.45, 2.75) is 20.4 Å². The van der Waals surface area contributed by atoms with E-state index in [-0.39, 0.29) is 11.9 Å². The molecule has 1 aliphatic rings. The van der Waals surface area contributed by atoms with Crippen LogP contribution < -0.4 is 9.47 Å². The zero-order valence-electron chi connectivity index (χ0n) is 13.3. The molecule has 1 saturated heterocycles. The highest BCUT2D eigenvalue weighted by Gasteiger charge is 2.19. The average molecular weight is 306 g/mol. The van der Waals surface area contributed by atoms with Gasteiger partial charge in [-0.05, 0) is 6.07 Å². The molecule has 6 nitrogen and oxygen atoms in total. The van der Waals surface area contributed by atoms with Crippen molar-refractivity contribution in [2.24, 2.45) is 0 Å². The number of carbonyl (C=O) groups excluding carboxylic acids is 2. The molecule has 22 heavy (non-hydrogen) atoms. The van der Waals surface area contributed by atoms with Crippen LogP contribution >= 0.6 is 0 Å². The minimum atomic E-state index is -0.352. The lowest BCUT2D eigenvalue weighted by Crippen LogP contribution is -2.47. The van der Waals surface area contributed by atoms with Crippen LogP contribution in [0.5, 0.6) is 11.5 Å². The second kappa shape index (κ2) is 7.26. The third kappa shape index (κ3) is 4.21. The molecule has 1 aliphatic heterocycles. The van der Waals surface area contributed by atoms with E-state index in [9.17, 15) is 9.59 Å². The van der Waals surface area contributed by atoms with Crippen LogP contribution in [0, 0.1) is 0 Å². The van der Waals surface area contributed by atoms with Crippen molar-refractivity contribution in [3.63, 3.8) is 0 Å². The van der Waals surface area contributed by atoms with Crippen LogP contribution in [0.1, 0.15) is 19.4 Å². The lowest BCUT2D eigenvalue weighted by molar-refractivity contribution is -0.132. The Bertz CT molecular complexity index is 551. The Balaban J connectivity index is 2.00. The standard InChI is InChI=1S/C16H22N2O4/c1-12(19)18-8-6-17(7-9-18)11-14-4-5-15(22-13(2)20)10-16(14)21-3/h4-5,10H,6-9,11H2,1-3H3. The molecule has 1 fully saturated rings. The fraction of sp³-hybridized carbons (Fsp3) is 0.500. The summed E-state index contributed by atoms with van der Waals surface area (Å²) in [6.07, 6.45) is 0. The number of amides is 1. The van der Waals surface area contributed by atoms with E-state index in [1.54, 1.807) is 26.2 Å². The third-order valence-corrected chi connectivity index (χ3v) is 3.73. The van der Waals surface area contributed by atoms with Gasteiger partial charge in [0, 0.05) is 58.2 Å². The van der Waals surface area contributed by atoms with Gasteiger partial charge in [0.1, 0.15) is 11.5 Å². The van der Waals surface area contributed by atoms with Crippen LogP contribution in [0.2, 0.25) is 0 Å². The highest BCUT2D eigenvalue weighted by Crippen LogP contribution is 2.26. The molecule has 0 N–H and O–H groups in total. The zero-order chi connectivity index (χ0) is 16.1. The number of methoxy groups -OCH3 is 1. The Kier molecular flexibility index (Phi) is 5.38. The smallest absolute Gasteiger partial charge is 0.308 e. The number of carbonyl (C=O) groups is 2. The van der Waals surface area contributed by atoms with E-state index in [1.807, 2.05) is 11.0 Å². The van der Waals surface area contributed by atoms with Gasteiger partial charge in [0.25, 0.3) is 0 Å². The molecule has 0 aliphatic carbocycles. The molecule has 1 amide bonds. The molecule has 1 aromatic carbocycles. The van der Waals surface area contributed by atoms with Gasteiger partial charge in [-0.1, -0.05) is 6.07 Å². The highest BCUT2D eigenvalue weighted by atomic mass is 16.5. The van der Waals surface area contributed by atoms with Gasteiger partial charge in [-0.3, -0.25) is 14.5 Å². The summed E-state index contributed by atoms with van der Waals surface area (Å²) in [5, 5.41) is 0. The molecule has 120 valence electrons. The number of hydrogen-bond donors (Lipinski definition) is 0. The maximum Gasteiger partial charge on any atom is 0.308 e. The minimum absolute atomic E-state index is 0.128. The predicted molar refractivity (Wildman–Crippen MR) is 81.8 cm³/mol. The highest BCUT2D eigenvalue weighted by molar-refractivity contribution is 5.73. The third-order valence-electron chi connectivity index (χ3n) is 3.73. The molecule has 1 heterocycles. The van der Waals surface area contributed by atoms with E-state index in [4.69, 9.17) is 9.47 Å². The number of piperazine rings is 1. The van der Waals surface area contributed by atoms with Crippen molar-refractivity contribution in [1.29, 1.82) is 0 Å². The number of nitrogens with zero attached hydrogens (tertiary/aromatic N) is 2. The number of benzene rings is 1. The van der Waals surface area contributed by atoms with Gasteiger partial charge in [0.2, 0.25) is 5.91 Å². The Morgan fingerprint density at radius 3 is 2.36 bits per heavy atom. The summed E-state index contributed by atoms with van der Waals surface area (Å²) in [5.74, 6) is 0.959. The Hall–Kier alpha value is -2.08. The fourth-order valence-electron chi connectivity index (χ4n) is 2.55. The van der Waals surface area contributed by atoms with E-state index in [1.165, 1.54) is 6.92 Å². The van der Waals surface area contributed by atoms with Crippen molar-refractivity contribution >= 4 is 11.9 Å². The summed E-state index contributed by atoms with van der Waals surface area (Å²) in [5.41, 5.74) is 1.04. The van der Waals surface area contributed by atoms with Gasteiger partial charge < -0.3 is 14.4 Å². The van der Waals surface area contributed by atoms with E-state index >= 15 is 0 Å². The fourth-order valence-corrected chi connectivity index (χ4v) is 2.55. The molecule has 0 spiro atoms. The topological polar surface area (TPSA) is 59.1 Å². The second-order valence-electron chi connectivity index (χ2n) is 5.35. The molecule has 0 radical (unpaired) electrons. The van der Waals surface area contributed by atoms with Gasteiger partial charge in [0.05, 0.1) is 7.11 Å². The Morgan fingerprint density at radius 2 is 1.82 bits per heavy atom. The Labute approximate surface area is 130 Å². The number of ether oxygens (including phenoxy) is 2. The summed E-state index contributed by atoms with van der Waals surface area (Å²) in [6, 6.07) is 5.40. The molecule has 0 bridgehead atoms. The van der Waals surface area contributed by atoms with E-state index in [2.05, 4.69) is 4.90 Å². The van der Waals surface area contributed by atoms with Crippen LogP contribution in [-0.2, 0) is 16.1 Å². The number of rotatable bonds is 4. The monoisotopic (exact) mass is 306 g/mol. The molecule has 0 unspecified atom stereocenters. The van der Waals surface area contributed by atoms with Crippen molar-refractivity contribution in [3.05, 3.63) is 23.8 Å². The molecule has 0 aromatic heterocycles. The largest absolute Gasteiger partial charge is 0.496 e. The van der Waals surface area contributed by atoms with Crippen LogP contribution in [0.4, 0.5) is 0 Å². The summed E-state index contributed by atoms with van der Waals surface area (Å²) >= 11 is 0. The summed E-state index contributed by atoms with van der Waals surface area (Å²) < 4.78 is 10.5. The first-order valence-electron chi connectivity index (χ1n) is 7.33. The van der Waals surface area contributed by atoms with Crippen molar-refractivity contribution in [3.8, 4) is 11.5 Å². The molecular formula is C16H22N2O4. The van der Waals surface area contributed by atoms with Gasteiger partial charge in [-0.2, -0.15) is 0 Å². The molecule has 1 aromatic rings. The quantitative estimate of drug-likeness (QED) is 0.619. The SMILES string of the molecule is COc1cc(OC(C)=O)ccc1CN1CCN(C(C)=O)CC1. The molecule has 0 atom stereocenters. The van der Waals surface area contributed by atoms with Gasteiger partial charge in [0.15, 0.2) is 0 Å². The van der Waals surface area contributed by atoms with E-state index in [0.29, 0.717) is 11.5 Å². The first-order valence-corrected chi connectivity index (χ1v) is 7.33. The van der Waals surface area contributed by atoms with E-state index < -0.39 is 0 Å². The molecule has 2 rings (SSSR count). The summed E-state index contributed by atoms with van der Waals surface area (Å²) in [7, 11) is 1.60. The normalized spacial score (nSPS) is 15.5. The van der Waals surface area contributed by atoms with Gasteiger partial charge >= 0.3 is 5.97 Å². The number of esters is 1.